The highest BCUT2D eigenvalue weighted by Gasteiger charge is 2.32. The van der Waals surface area contributed by atoms with Gasteiger partial charge in [-0.25, -0.2) is 4.98 Å². The molecule has 2 heterocycles. The summed E-state index contributed by atoms with van der Waals surface area (Å²) in [4.78, 5) is 7.43. The summed E-state index contributed by atoms with van der Waals surface area (Å²) in [5.74, 6) is 0.370. The van der Waals surface area contributed by atoms with Crippen LogP contribution in [0.25, 0.3) is 5.82 Å². The third-order valence-corrected chi connectivity index (χ3v) is 2.37. The molecule has 0 saturated heterocycles. The number of hydrogen-bond acceptors (Lipinski definition) is 4. The monoisotopic (exact) mass is 277 g/mol. The summed E-state index contributed by atoms with van der Waals surface area (Å²) in [5.41, 5.74) is 4.60. The molecule has 96 valence electrons. The van der Waals surface area contributed by atoms with E-state index in [1.165, 1.54) is 0 Å². The zero-order valence-electron chi connectivity index (χ0n) is 9.03. The van der Waals surface area contributed by atoms with Crippen LogP contribution in [-0.4, -0.2) is 19.7 Å². The van der Waals surface area contributed by atoms with Crippen molar-refractivity contribution in [3.8, 4) is 5.82 Å². The molecule has 9 heteroatoms. The van der Waals surface area contributed by atoms with Crippen LogP contribution in [0.5, 0.6) is 0 Å². The summed E-state index contributed by atoms with van der Waals surface area (Å²) >= 11 is 5.74. The number of aryl methyl sites for hydroxylation is 1. The van der Waals surface area contributed by atoms with Crippen LogP contribution in [0.1, 0.15) is 11.4 Å². The molecule has 0 amide bonds. The normalized spacial score (nSPS) is 11.8. The minimum absolute atomic E-state index is 0.00154. The molecule has 0 aliphatic carbocycles. The highest BCUT2D eigenvalue weighted by molar-refractivity contribution is 6.32. The predicted octanol–water partition coefficient (Wildman–Crippen LogP) is 2.23. The number of rotatable bonds is 1. The lowest BCUT2D eigenvalue weighted by Gasteiger charge is -2.09. The Kier molecular flexibility index (Phi) is 2.89. The fourth-order valence-electron chi connectivity index (χ4n) is 1.33. The second kappa shape index (κ2) is 4.13. The molecule has 0 fully saturated rings. The zero-order chi connectivity index (χ0) is 13.5. The Labute approximate surface area is 104 Å². The first-order valence-corrected chi connectivity index (χ1v) is 5.09. The molecular formula is C9H7ClF3N5. The maximum atomic E-state index is 12.4. The summed E-state index contributed by atoms with van der Waals surface area (Å²) in [6.45, 7) is 1.59. The van der Waals surface area contributed by atoms with Gasteiger partial charge in [0, 0.05) is 6.20 Å². The van der Waals surface area contributed by atoms with Crippen LogP contribution in [-0.2, 0) is 6.18 Å². The Hall–Kier alpha value is -1.83. The minimum Gasteiger partial charge on any atom is -0.368 e. The van der Waals surface area contributed by atoms with Gasteiger partial charge >= 0.3 is 6.18 Å². The molecule has 0 aromatic carbocycles. The molecule has 18 heavy (non-hydrogen) atoms. The topological polar surface area (TPSA) is 69.6 Å². The maximum Gasteiger partial charge on any atom is 0.417 e. The van der Waals surface area contributed by atoms with Crippen LogP contribution in [0.3, 0.4) is 0 Å². The smallest absolute Gasteiger partial charge is 0.368 e. The van der Waals surface area contributed by atoms with E-state index >= 15 is 0 Å². The highest BCUT2D eigenvalue weighted by Crippen LogP contribution is 2.32. The van der Waals surface area contributed by atoms with Gasteiger partial charge in [-0.15, -0.1) is 5.10 Å². The van der Waals surface area contributed by atoms with Crippen LogP contribution in [0.4, 0.5) is 19.1 Å². The molecule has 0 atom stereocenters. The van der Waals surface area contributed by atoms with Crippen molar-refractivity contribution in [2.75, 3.05) is 5.73 Å². The maximum absolute atomic E-state index is 12.4. The van der Waals surface area contributed by atoms with Gasteiger partial charge in [-0.3, -0.25) is 0 Å². The summed E-state index contributed by atoms with van der Waals surface area (Å²) in [6.07, 6.45) is -3.84. The summed E-state index contributed by atoms with van der Waals surface area (Å²) in [7, 11) is 0. The molecule has 0 spiro atoms. The van der Waals surface area contributed by atoms with Crippen LogP contribution >= 0.6 is 11.6 Å². The first-order valence-electron chi connectivity index (χ1n) is 4.71. The number of alkyl halides is 3. The van der Waals surface area contributed by atoms with Crippen molar-refractivity contribution < 1.29 is 13.2 Å². The van der Waals surface area contributed by atoms with E-state index in [0.29, 0.717) is 12.0 Å². The summed E-state index contributed by atoms with van der Waals surface area (Å²) < 4.78 is 38.4. The fraction of sp³-hybridized carbons (Fsp3) is 0.222. The lowest BCUT2D eigenvalue weighted by Crippen LogP contribution is -2.09. The number of nitrogens with zero attached hydrogens (tertiary/aromatic N) is 4. The van der Waals surface area contributed by atoms with Crippen molar-refractivity contribution in [3.63, 3.8) is 0 Å². The zero-order valence-corrected chi connectivity index (χ0v) is 9.79. The fourth-order valence-corrected chi connectivity index (χ4v) is 1.58. The lowest BCUT2D eigenvalue weighted by molar-refractivity contribution is -0.137. The van der Waals surface area contributed by atoms with Gasteiger partial charge in [0.25, 0.3) is 0 Å². The Bertz CT molecular complexity index is 592. The van der Waals surface area contributed by atoms with Gasteiger partial charge in [0.2, 0.25) is 5.95 Å². The number of nitrogens with two attached hydrogens (primary N) is 1. The van der Waals surface area contributed by atoms with Gasteiger partial charge in [-0.05, 0) is 13.0 Å². The second-order valence-corrected chi connectivity index (χ2v) is 3.86. The molecule has 0 aliphatic rings. The minimum atomic E-state index is -4.50. The summed E-state index contributed by atoms with van der Waals surface area (Å²) in [6, 6.07) is 0.764. The third-order valence-electron chi connectivity index (χ3n) is 2.09. The number of pyridine rings is 1. The highest BCUT2D eigenvalue weighted by atomic mass is 35.5. The van der Waals surface area contributed by atoms with Crippen molar-refractivity contribution in [3.05, 3.63) is 28.7 Å². The summed E-state index contributed by atoms with van der Waals surface area (Å²) in [5, 5.41) is 3.68. The number of anilines is 1. The van der Waals surface area contributed by atoms with Crippen molar-refractivity contribution in [2.24, 2.45) is 0 Å². The standard InChI is InChI=1S/C9H7ClF3N5/c1-4-16-8(14)18(17-4)7-6(10)2-5(3-15-7)9(11,12)13/h2-3H,1H3,(H2,14,16,17). The van der Waals surface area contributed by atoms with Crippen LogP contribution in [0.2, 0.25) is 5.02 Å². The number of nitrogen functional groups attached to an aromatic ring is 1. The van der Waals surface area contributed by atoms with Crippen molar-refractivity contribution in [1.82, 2.24) is 19.7 Å². The average Bonchev–Trinajstić information content (AvgIpc) is 2.56. The Balaban J connectivity index is 2.51. The lowest BCUT2D eigenvalue weighted by atomic mass is 10.3. The number of halogens is 4. The SMILES string of the molecule is Cc1nc(N)n(-c2ncc(C(F)(F)F)cc2Cl)n1. The van der Waals surface area contributed by atoms with Gasteiger partial charge in [0.05, 0.1) is 10.6 Å². The molecule has 2 aromatic rings. The molecule has 2 rings (SSSR count). The Morgan fingerprint density at radius 1 is 1.39 bits per heavy atom. The Morgan fingerprint density at radius 2 is 2.06 bits per heavy atom. The van der Waals surface area contributed by atoms with Crippen molar-refractivity contribution in [1.29, 1.82) is 0 Å². The van der Waals surface area contributed by atoms with Gasteiger partial charge in [0.1, 0.15) is 5.82 Å². The largest absolute Gasteiger partial charge is 0.417 e. The van der Waals surface area contributed by atoms with E-state index in [0.717, 1.165) is 10.7 Å². The van der Waals surface area contributed by atoms with Crippen LogP contribution < -0.4 is 5.73 Å². The van der Waals surface area contributed by atoms with Crippen molar-refractivity contribution >= 4 is 17.5 Å². The molecule has 0 unspecified atom stereocenters. The number of hydrogen-bond donors (Lipinski definition) is 1. The van der Waals surface area contributed by atoms with E-state index < -0.39 is 11.7 Å². The van der Waals surface area contributed by atoms with Crippen LogP contribution in [0.15, 0.2) is 12.3 Å². The molecule has 0 bridgehead atoms. The van der Waals surface area contributed by atoms with E-state index in [1.54, 1.807) is 6.92 Å². The van der Waals surface area contributed by atoms with Gasteiger partial charge < -0.3 is 5.73 Å². The first-order chi connectivity index (χ1) is 8.29. The molecular weight excluding hydrogens is 271 g/mol. The van der Waals surface area contributed by atoms with E-state index in [9.17, 15) is 13.2 Å². The van der Waals surface area contributed by atoms with Crippen molar-refractivity contribution in [2.45, 2.75) is 13.1 Å². The third kappa shape index (κ3) is 2.23. The predicted molar refractivity (Wildman–Crippen MR) is 58.3 cm³/mol. The first kappa shape index (κ1) is 12.6. The van der Waals surface area contributed by atoms with Gasteiger partial charge in [-0.2, -0.15) is 22.8 Å². The van der Waals surface area contributed by atoms with Crippen LogP contribution in [0, 0.1) is 6.92 Å². The van der Waals surface area contributed by atoms with E-state index in [2.05, 4.69) is 15.1 Å². The molecule has 0 radical (unpaired) electrons. The molecule has 0 saturated carbocycles. The molecule has 5 nitrogen and oxygen atoms in total. The second-order valence-electron chi connectivity index (χ2n) is 3.46. The molecule has 2 aromatic heterocycles. The average molecular weight is 278 g/mol. The van der Waals surface area contributed by atoms with E-state index in [1.807, 2.05) is 0 Å². The molecule has 0 aliphatic heterocycles. The Morgan fingerprint density at radius 3 is 2.50 bits per heavy atom. The quantitative estimate of drug-likeness (QED) is 0.868. The molecule has 2 N–H and O–H groups in total. The van der Waals surface area contributed by atoms with E-state index in [4.69, 9.17) is 17.3 Å². The van der Waals surface area contributed by atoms with Gasteiger partial charge in [-0.1, -0.05) is 11.6 Å². The van der Waals surface area contributed by atoms with Gasteiger partial charge in [0.15, 0.2) is 5.82 Å². The van der Waals surface area contributed by atoms with E-state index in [-0.39, 0.29) is 16.8 Å². The number of aromatic nitrogens is 4.